The van der Waals surface area contributed by atoms with Crippen molar-refractivity contribution in [2.24, 2.45) is 0 Å². The first kappa shape index (κ1) is 17.4. The van der Waals surface area contributed by atoms with Crippen molar-refractivity contribution in [3.63, 3.8) is 0 Å². The summed E-state index contributed by atoms with van der Waals surface area (Å²) in [5.74, 6) is -6.91. The first-order valence-electron chi connectivity index (χ1n) is 7.18. The molecule has 0 aliphatic carbocycles. The predicted octanol–water partition coefficient (Wildman–Crippen LogP) is 3.78. The summed E-state index contributed by atoms with van der Waals surface area (Å²) < 4.78 is 87.4. The van der Waals surface area contributed by atoms with Crippen molar-refractivity contribution >= 4 is 11.4 Å². The molecular formula is C16H12F6N2O. The molecule has 2 aromatic rings. The van der Waals surface area contributed by atoms with Crippen LogP contribution < -0.4 is 9.80 Å². The maximum Gasteiger partial charge on any atom is 0.210 e. The van der Waals surface area contributed by atoms with E-state index < -0.39 is 52.6 Å². The summed E-state index contributed by atoms with van der Waals surface area (Å²) in [6.07, 6.45) is -1.27. The zero-order valence-corrected chi connectivity index (χ0v) is 12.9. The molecule has 0 bridgehead atoms. The molecule has 0 atom stereocenters. The molecule has 0 N–H and O–H groups in total. The van der Waals surface area contributed by atoms with E-state index in [4.69, 9.17) is 4.74 Å². The summed E-state index contributed by atoms with van der Waals surface area (Å²) in [6.45, 7) is -0.123. The van der Waals surface area contributed by atoms with Crippen LogP contribution in [0, 0.1) is 34.9 Å². The number of methoxy groups -OCH3 is 1. The van der Waals surface area contributed by atoms with E-state index in [1.165, 1.54) is 7.11 Å². The van der Waals surface area contributed by atoms with Crippen molar-refractivity contribution < 1.29 is 31.1 Å². The summed E-state index contributed by atoms with van der Waals surface area (Å²) in [6, 6.07) is 1.97. The Hall–Kier alpha value is -2.42. The van der Waals surface area contributed by atoms with Gasteiger partial charge in [0.1, 0.15) is 23.0 Å². The zero-order valence-electron chi connectivity index (χ0n) is 12.9. The minimum atomic E-state index is -1.27. The number of hydrogen-bond acceptors (Lipinski definition) is 3. The molecule has 1 fully saturated rings. The quantitative estimate of drug-likeness (QED) is 0.773. The fraction of sp³-hybridized carbons (Fsp3) is 0.250. The lowest BCUT2D eigenvalue weighted by molar-refractivity contribution is 0.112. The lowest BCUT2D eigenvalue weighted by atomic mass is 10.2. The van der Waals surface area contributed by atoms with Crippen LogP contribution in [-0.4, -0.2) is 26.6 Å². The Morgan fingerprint density at radius 2 is 1.04 bits per heavy atom. The van der Waals surface area contributed by atoms with E-state index >= 15 is 0 Å². The van der Waals surface area contributed by atoms with Crippen molar-refractivity contribution in [3.8, 4) is 0 Å². The lowest BCUT2D eigenvalue weighted by Crippen LogP contribution is -2.42. The van der Waals surface area contributed by atoms with Crippen LogP contribution in [0.15, 0.2) is 24.3 Å². The van der Waals surface area contributed by atoms with Gasteiger partial charge in [0.05, 0.1) is 0 Å². The van der Waals surface area contributed by atoms with Gasteiger partial charge in [-0.05, 0) is 0 Å². The van der Waals surface area contributed by atoms with E-state index in [0.29, 0.717) is 24.3 Å². The monoisotopic (exact) mass is 362 g/mol. The molecule has 0 amide bonds. The molecule has 0 radical (unpaired) electrons. The van der Waals surface area contributed by atoms with Crippen LogP contribution in [0.1, 0.15) is 0 Å². The van der Waals surface area contributed by atoms with Crippen LogP contribution in [0.25, 0.3) is 0 Å². The SMILES string of the molecule is COC1N(c2c(F)cc(F)cc2F)CCN1c1c(F)cc(F)cc1F. The number of anilines is 2. The Balaban J connectivity index is 2.03. The highest BCUT2D eigenvalue weighted by Gasteiger charge is 2.38. The third-order valence-electron chi connectivity index (χ3n) is 3.86. The topological polar surface area (TPSA) is 15.7 Å². The summed E-state index contributed by atoms with van der Waals surface area (Å²) in [5.41, 5.74) is -1.17. The third-order valence-corrected chi connectivity index (χ3v) is 3.86. The van der Waals surface area contributed by atoms with Gasteiger partial charge in [0.2, 0.25) is 6.35 Å². The van der Waals surface area contributed by atoms with Gasteiger partial charge in [-0.25, -0.2) is 26.3 Å². The molecule has 25 heavy (non-hydrogen) atoms. The van der Waals surface area contributed by atoms with Crippen molar-refractivity contribution in [2.45, 2.75) is 6.35 Å². The predicted molar refractivity (Wildman–Crippen MR) is 78.1 cm³/mol. The second-order valence-electron chi connectivity index (χ2n) is 5.38. The standard InChI is InChI=1S/C16H12F6N2O/c1-25-16-23(14-10(19)4-8(17)5-11(14)20)2-3-24(16)15-12(21)6-9(18)7-13(15)22/h4-7,16H,2-3H2,1H3. The molecule has 1 heterocycles. The second kappa shape index (κ2) is 6.47. The highest BCUT2D eigenvalue weighted by molar-refractivity contribution is 5.58. The van der Waals surface area contributed by atoms with Crippen molar-refractivity contribution in [1.82, 2.24) is 0 Å². The number of rotatable bonds is 3. The number of ether oxygens (including phenoxy) is 1. The summed E-state index contributed by atoms with van der Waals surface area (Å²) in [4.78, 5) is 2.12. The molecule has 1 saturated heterocycles. The van der Waals surface area contributed by atoms with Gasteiger partial charge >= 0.3 is 0 Å². The van der Waals surface area contributed by atoms with Crippen LogP contribution in [0.4, 0.5) is 37.7 Å². The van der Waals surface area contributed by atoms with Crippen molar-refractivity contribution in [2.75, 3.05) is 30.0 Å². The molecule has 0 saturated carbocycles. The zero-order chi connectivity index (χ0) is 18.3. The Kier molecular flexibility index (Phi) is 4.51. The summed E-state index contributed by atoms with van der Waals surface area (Å²) in [7, 11) is 1.18. The Morgan fingerprint density at radius 3 is 1.32 bits per heavy atom. The molecule has 3 rings (SSSR count). The Morgan fingerprint density at radius 1 is 0.720 bits per heavy atom. The third kappa shape index (κ3) is 2.99. The minimum Gasteiger partial charge on any atom is -0.344 e. The average Bonchev–Trinajstić information content (AvgIpc) is 2.88. The number of hydrogen-bond donors (Lipinski definition) is 0. The van der Waals surface area contributed by atoms with Gasteiger partial charge in [-0.2, -0.15) is 0 Å². The van der Waals surface area contributed by atoms with Gasteiger partial charge in [0.25, 0.3) is 0 Å². The molecule has 3 nitrogen and oxygen atoms in total. The fourth-order valence-electron chi connectivity index (χ4n) is 2.92. The van der Waals surface area contributed by atoms with Crippen LogP contribution in [-0.2, 0) is 4.74 Å². The molecule has 0 unspecified atom stereocenters. The normalized spacial score (nSPS) is 15.3. The minimum absolute atomic E-state index is 0.0613. The number of halogens is 6. The van der Waals surface area contributed by atoms with Crippen LogP contribution >= 0.6 is 0 Å². The van der Waals surface area contributed by atoms with Gasteiger partial charge in [0, 0.05) is 44.5 Å². The molecule has 1 aliphatic rings. The van der Waals surface area contributed by atoms with E-state index in [2.05, 4.69) is 0 Å². The van der Waals surface area contributed by atoms with Crippen molar-refractivity contribution in [1.29, 1.82) is 0 Å². The number of benzene rings is 2. The first-order chi connectivity index (χ1) is 11.8. The molecule has 9 heteroatoms. The average molecular weight is 362 g/mol. The highest BCUT2D eigenvalue weighted by atomic mass is 19.2. The molecular weight excluding hydrogens is 350 g/mol. The van der Waals surface area contributed by atoms with Gasteiger partial charge in [-0.1, -0.05) is 0 Å². The van der Waals surface area contributed by atoms with Gasteiger partial charge < -0.3 is 14.5 Å². The molecule has 1 aliphatic heterocycles. The second-order valence-corrected chi connectivity index (χ2v) is 5.38. The molecule has 0 spiro atoms. The molecule has 2 aromatic carbocycles. The smallest absolute Gasteiger partial charge is 0.210 e. The van der Waals surface area contributed by atoms with E-state index in [1.807, 2.05) is 0 Å². The van der Waals surface area contributed by atoms with Gasteiger partial charge in [0.15, 0.2) is 23.3 Å². The number of nitrogens with zero attached hydrogens (tertiary/aromatic N) is 2. The van der Waals surface area contributed by atoms with E-state index in [9.17, 15) is 26.3 Å². The maximum atomic E-state index is 14.0. The largest absolute Gasteiger partial charge is 0.344 e. The van der Waals surface area contributed by atoms with Gasteiger partial charge in [-0.15, -0.1) is 0 Å². The maximum absolute atomic E-state index is 14.0. The Bertz CT molecular complexity index is 704. The van der Waals surface area contributed by atoms with Gasteiger partial charge in [-0.3, -0.25) is 0 Å². The van der Waals surface area contributed by atoms with Crippen LogP contribution in [0.2, 0.25) is 0 Å². The van der Waals surface area contributed by atoms with E-state index in [1.54, 1.807) is 0 Å². The van der Waals surface area contributed by atoms with E-state index in [0.717, 1.165) is 9.80 Å². The summed E-state index contributed by atoms with van der Waals surface area (Å²) in [5, 5.41) is 0. The van der Waals surface area contributed by atoms with E-state index in [-0.39, 0.29) is 13.1 Å². The lowest BCUT2D eigenvalue weighted by Gasteiger charge is -2.31. The Labute approximate surface area is 139 Å². The van der Waals surface area contributed by atoms with Crippen LogP contribution in [0.5, 0.6) is 0 Å². The highest BCUT2D eigenvalue weighted by Crippen LogP contribution is 2.35. The first-order valence-corrected chi connectivity index (χ1v) is 7.18. The molecule has 0 aromatic heterocycles. The fourth-order valence-corrected chi connectivity index (χ4v) is 2.92. The van der Waals surface area contributed by atoms with Crippen molar-refractivity contribution in [3.05, 3.63) is 59.2 Å². The molecule has 134 valence electrons. The summed E-state index contributed by atoms with van der Waals surface area (Å²) >= 11 is 0. The van der Waals surface area contributed by atoms with Crippen LogP contribution in [0.3, 0.4) is 0 Å².